The molecule has 0 amide bonds. The maximum atomic E-state index is 6.12. The van der Waals surface area contributed by atoms with Gasteiger partial charge in [0.1, 0.15) is 0 Å². The molecule has 0 aliphatic carbocycles. The summed E-state index contributed by atoms with van der Waals surface area (Å²) in [5.41, 5.74) is 1.32. The summed E-state index contributed by atoms with van der Waals surface area (Å²) in [5.74, 6) is 0. The summed E-state index contributed by atoms with van der Waals surface area (Å²) in [5, 5.41) is 2.27. The maximum Gasteiger partial charge on any atom is 0.0607 e. The highest BCUT2D eigenvalue weighted by Crippen LogP contribution is 2.41. The standard InChI is InChI=1S/C12H5Cl5/c13-7-2-1-3-8(14)12(7)6-4-10(16)11(17)5-9(6)15/h1-5H. The summed E-state index contributed by atoms with van der Waals surface area (Å²) in [7, 11) is 0. The van der Waals surface area contributed by atoms with Gasteiger partial charge >= 0.3 is 0 Å². The zero-order valence-corrected chi connectivity index (χ0v) is 12.1. The van der Waals surface area contributed by atoms with Crippen LogP contribution in [-0.4, -0.2) is 0 Å². The van der Waals surface area contributed by atoms with Crippen LogP contribution in [0.1, 0.15) is 0 Å². The molecule has 88 valence electrons. The summed E-state index contributed by atoms with van der Waals surface area (Å²) >= 11 is 30.2. The highest BCUT2D eigenvalue weighted by molar-refractivity contribution is 6.45. The van der Waals surface area contributed by atoms with Gasteiger partial charge in [0.25, 0.3) is 0 Å². The third-order valence-corrected chi connectivity index (χ3v) is 3.91. The number of halogens is 5. The van der Waals surface area contributed by atoms with Gasteiger partial charge < -0.3 is 0 Å². The average Bonchev–Trinajstić information content (AvgIpc) is 2.25. The molecular weight excluding hydrogens is 321 g/mol. The molecule has 0 radical (unpaired) electrons. The third kappa shape index (κ3) is 2.67. The van der Waals surface area contributed by atoms with Gasteiger partial charge in [-0.15, -0.1) is 0 Å². The van der Waals surface area contributed by atoms with E-state index in [0.29, 0.717) is 36.2 Å². The van der Waals surface area contributed by atoms with E-state index in [0.717, 1.165) is 0 Å². The first kappa shape index (κ1) is 13.3. The molecule has 0 saturated heterocycles. The zero-order chi connectivity index (χ0) is 12.6. The van der Waals surface area contributed by atoms with Crippen LogP contribution in [0.15, 0.2) is 30.3 Å². The lowest BCUT2D eigenvalue weighted by Crippen LogP contribution is -1.84. The minimum Gasteiger partial charge on any atom is -0.0836 e. The summed E-state index contributed by atoms with van der Waals surface area (Å²) in [6.45, 7) is 0. The second-order valence-corrected chi connectivity index (χ2v) is 5.38. The Kier molecular flexibility index (Phi) is 4.12. The van der Waals surface area contributed by atoms with Gasteiger partial charge in [-0.1, -0.05) is 64.1 Å². The normalized spacial score (nSPS) is 10.6. The van der Waals surface area contributed by atoms with Crippen LogP contribution < -0.4 is 0 Å². The van der Waals surface area contributed by atoms with Gasteiger partial charge in [0.05, 0.1) is 15.1 Å². The van der Waals surface area contributed by atoms with Crippen molar-refractivity contribution < 1.29 is 0 Å². The fraction of sp³-hybridized carbons (Fsp3) is 0. The topological polar surface area (TPSA) is 0 Å². The molecule has 0 atom stereocenters. The van der Waals surface area contributed by atoms with Crippen LogP contribution in [0.2, 0.25) is 25.1 Å². The van der Waals surface area contributed by atoms with Gasteiger partial charge in [-0.3, -0.25) is 0 Å². The van der Waals surface area contributed by atoms with Crippen LogP contribution in [0.25, 0.3) is 11.1 Å². The molecule has 2 aromatic carbocycles. The minimum atomic E-state index is 0.392. The van der Waals surface area contributed by atoms with E-state index >= 15 is 0 Å². The number of hydrogen-bond donors (Lipinski definition) is 0. The maximum absolute atomic E-state index is 6.12. The molecule has 0 saturated carbocycles. The van der Waals surface area contributed by atoms with E-state index in [1.54, 1.807) is 30.3 Å². The average molecular weight is 326 g/mol. The Morgan fingerprint density at radius 3 is 1.71 bits per heavy atom. The zero-order valence-electron chi connectivity index (χ0n) is 8.28. The van der Waals surface area contributed by atoms with Crippen LogP contribution in [0.5, 0.6) is 0 Å². The highest BCUT2D eigenvalue weighted by Gasteiger charge is 2.13. The van der Waals surface area contributed by atoms with E-state index in [1.165, 1.54) is 0 Å². The van der Waals surface area contributed by atoms with Gasteiger partial charge in [0.2, 0.25) is 0 Å². The van der Waals surface area contributed by atoms with E-state index in [4.69, 9.17) is 58.0 Å². The van der Waals surface area contributed by atoms with Crippen LogP contribution in [-0.2, 0) is 0 Å². The molecule has 0 fully saturated rings. The third-order valence-electron chi connectivity index (χ3n) is 2.24. The predicted octanol–water partition coefficient (Wildman–Crippen LogP) is 6.62. The molecule has 0 spiro atoms. The predicted molar refractivity (Wildman–Crippen MR) is 76.9 cm³/mol. The van der Waals surface area contributed by atoms with Crippen molar-refractivity contribution in [2.75, 3.05) is 0 Å². The molecule has 0 aliphatic heterocycles. The van der Waals surface area contributed by atoms with E-state index in [-0.39, 0.29) is 0 Å². The molecule has 0 unspecified atom stereocenters. The molecule has 2 aromatic rings. The van der Waals surface area contributed by atoms with Crippen molar-refractivity contribution in [1.29, 1.82) is 0 Å². The van der Waals surface area contributed by atoms with Crippen molar-refractivity contribution in [2.24, 2.45) is 0 Å². The Hall–Kier alpha value is -0.110. The Bertz CT molecular complexity index is 557. The Labute approximate surface area is 124 Å². The largest absolute Gasteiger partial charge is 0.0836 e. The second-order valence-electron chi connectivity index (χ2n) is 3.34. The first-order valence-corrected chi connectivity index (χ1v) is 6.48. The van der Waals surface area contributed by atoms with Crippen molar-refractivity contribution in [3.63, 3.8) is 0 Å². The van der Waals surface area contributed by atoms with Crippen molar-refractivity contribution in [2.45, 2.75) is 0 Å². The van der Waals surface area contributed by atoms with E-state index in [9.17, 15) is 0 Å². The van der Waals surface area contributed by atoms with Crippen LogP contribution in [0.4, 0.5) is 0 Å². The number of hydrogen-bond acceptors (Lipinski definition) is 0. The van der Waals surface area contributed by atoms with Crippen molar-refractivity contribution >= 4 is 58.0 Å². The summed E-state index contributed by atoms with van der Waals surface area (Å²) < 4.78 is 0. The van der Waals surface area contributed by atoms with Crippen LogP contribution in [0, 0.1) is 0 Å². The van der Waals surface area contributed by atoms with E-state index in [2.05, 4.69) is 0 Å². The molecule has 5 heteroatoms. The Morgan fingerprint density at radius 1 is 0.588 bits per heavy atom. The Morgan fingerprint density at radius 2 is 1.12 bits per heavy atom. The smallest absolute Gasteiger partial charge is 0.0607 e. The molecule has 2 rings (SSSR count). The fourth-order valence-corrected chi connectivity index (χ4v) is 2.71. The molecule has 0 heterocycles. The molecule has 17 heavy (non-hydrogen) atoms. The second kappa shape index (κ2) is 5.26. The molecule has 0 aromatic heterocycles. The van der Waals surface area contributed by atoms with Gasteiger partial charge in [0.15, 0.2) is 0 Å². The van der Waals surface area contributed by atoms with Crippen LogP contribution >= 0.6 is 58.0 Å². The lowest BCUT2D eigenvalue weighted by Gasteiger charge is -2.10. The molecular formula is C12H5Cl5. The SMILES string of the molecule is Clc1cc(Cl)c(-c2c(Cl)cccc2Cl)cc1Cl. The van der Waals surface area contributed by atoms with Crippen molar-refractivity contribution in [3.05, 3.63) is 55.4 Å². The van der Waals surface area contributed by atoms with E-state index in [1.807, 2.05) is 0 Å². The van der Waals surface area contributed by atoms with Gasteiger partial charge in [-0.25, -0.2) is 0 Å². The highest BCUT2D eigenvalue weighted by atomic mass is 35.5. The van der Waals surface area contributed by atoms with Gasteiger partial charge in [-0.05, 0) is 24.3 Å². The number of rotatable bonds is 1. The van der Waals surface area contributed by atoms with Gasteiger partial charge in [-0.2, -0.15) is 0 Å². The fourth-order valence-electron chi connectivity index (χ4n) is 1.47. The summed E-state index contributed by atoms with van der Waals surface area (Å²) in [6, 6.07) is 8.46. The number of benzene rings is 2. The first-order valence-electron chi connectivity index (χ1n) is 4.59. The monoisotopic (exact) mass is 324 g/mol. The van der Waals surface area contributed by atoms with Crippen LogP contribution in [0.3, 0.4) is 0 Å². The van der Waals surface area contributed by atoms with Gasteiger partial charge in [0, 0.05) is 21.2 Å². The minimum absolute atomic E-state index is 0.392. The molecule has 0 aliphatic rings. The molecule has 0 nitrogen and oxygen atoms in total. The first-order chi connectivity index (χ1) is 8.00. The summed E-state index contributed by atoms with van der Waals surface area (Å²) in [6.07, 6.45) is 0. The van der Waals surface area contributed by atoms with Crippen molar-refractivity contribution in [1.82, 2.24) is 0 Å². The lowest BCUT2D eigenvalue weighted by molar-refractivity contribution is 1.61. The lowest BCUT2D eigenvalue weighted by atomic mass is 10.1. The van der Waals surface area contributed by atoms with E-state index < -0.39 is 0 Å². The van der Waals surface area contributed by atoms with Crippen molar-refractivity contribution in [3.8, 4) is 11.1 Å². The molecule has 0 N–H and O–H groups in total. The molecule has 0 bridgehead atoms. The Balaban J connectivity index is 2.73. The summed E-state index contributed by atoms with van der Waals surface area (Å²) in [4.78, 5) is 0. The quantitative estimate of drug-likeness (QED) is 0.517.